The van der Waals surface area contributed by atoms with Crippen molar-refractivity contribution in [1.82, 2.24) is 0 Å². The summed E-state index contributed by atoms with van der Waals surface area (Å²) in [5, 5.41) is 12.9. The predicted octanol–water partition coefficient (Wildman–Crippen LogP) is 3.88. The summed E-state index contributed by atoms with van der Waals surface area (Å²) >= 11 is 0. The molecule has 2 nitrogen and oxygen atoms in total. The average molecular weight is 228 g/mol. The molecule has 17 heavy (non-hydrogen) atoms. The zero-order valence-electron chi connectivity index (χ0n) is 10.7. The summed E-state index contributed by atoms with van der Waals surface area (Å²) in [5.74, 6) is 0.640. The molecule has 0 aromatic heterocycles. The molecule has 0 radical (unpaired) electrons. The van der Waals surface area contributed by atoms with E-state index in [1.807, 2.05) is 12.1 Å². The molecule has 2 rings (SSSR count). The van der Waals surface area contributed by atoms with E-state index in [2.05, 4.69) is 37.4 Å². The van der Waals surface area contributed by atoms with E-state index < -0.39 is 0 Å². The molecule has 1 aliphatic rings. The van der Waals surface area contributed by atoms with Crippen molar-refractivity contribution in [3.05, 3.63) is 29.8 Å². The fourth-order valence-corrected chi connectivity index (χ4v) is 2.79. The summed E-state index contributed by atoms with van der Waals surface area (Å²) in [4.78, 5) is 0. The molecule has 2 unspecified atom stereocenters. The Labute approximate surface area is 104 Å². The molecule has 0 amide bonds. The van der Waals surface area contributed by atoms with Gasteiger partial charge in [0.15, 0.2) is 0 Å². The Morgan fingerprint density at radius 3 is 2.94 bits per heavy atom. The number of anilines is 1. The van der Waals surface area contributed by atoms with Crippen LogP contribution in [0.2, 0.25) is 0 Å². The van der Waals surface area contributed by atoms with Crippen LogP contribution in [0.4, 0.5) is 5.69 Å². The first-order chi connectivity index (χ1) is 8.13. The first kappa shape index (κ1) is 12.0. The van der Waals surface area contributed by atoms with Crippen molar-refractivity contribution in [3.8, 4) is 6.07 Å². The van der Waals surface area contributed by atoms with Gasteiger partial charge in [0.1, 0.15) is 5.54 Å². The van der Waals surface area contributed by atoms with Gasteiger partial charge in [0.2, 0.25) is 0 Å². The minimum atomic E-state index is -0.356. The highest BCUT2D eigenvalue weighted by molar-refractivity contribution is 5.49. The van der Waals surface area contributed by atoms with Gasteiger partial charge >= 0.3 is 0 Å². The van der Waals surface area contributed by atoms with Gasteiger partial charge in [-0.2, -0.15) is 5.26 Å². The van der Waals surface area contributed by atoms with Crippen LogP contribution in [0.15, 0.2) is 24.3 Å². The van der Waals surface area contributed by atoms with Gasteiger partial charge in [-0.05, 0) is 49.8 Å². The number of rotatable bonds is 2. The van der Waals surface area contributed by atoms with Crippen molar-refractivity contribution in [1.29, 1.82) is 5.26 Å². The molecule has 0 saturated heterocycles. The molecule has 2 heteroatoms. The smallest absolute Gasteiger partial charge is 0.125 e. The third-order valence-electron chi connectivity index (χ3n) is 3.61. The lowest BCUT2D eigenvalue weighted by Gasteiger charge is -2.35. The van der Waals surface area contributed by atoms with Crippen molar-refractivity contribution in [3.63, 3.8) is 0 Å². The van der Waals surface area contributed by atoms with Crippen LogP contribution in [-0.2, 0) is 0 Å². The lowest BCUT2D eigenvalue weighted by atomic mass is 9.77. The van der Waals surface area contributed by atoms with Crippen molar-refractivity contribution >= 4 is 5.69 Å². The predicted molar refractivity (Wildman–Crippen MR) is 70.8 cm³/mol. The molecule has 0 heterocycles. The highest BCUT2D eigenvalue weighted by Gasteiger charge is 2.34. The Morgan fingerprint density at radius 2 is 2.29 bits per heavy atom. The SMILES string of the molecule is Cc1cccc(NC2(C#N)CCCC(C)C2)c1. The minimum Gasteiger partial charge on any atom is -0.367 e. The maximum absolute atomic E-state index is 9.48. The second-order valence-corrected chi connectivity index (χ2v) is 5.39. The van der Waals surface area contributed by atoms with Crippen molar-refractivity contribution in [2.45, 2.75) is 45.1 Å². The van der Waals surface area contributed by atoms with Gasteiger partial charge in [-0.25, -0.2) is 0 Å². The summed E-state index contributed by atoms with van der Waals surface area (Å²) in [7, 11) is 0. The third kappa shape index (κ3) is 2.79. The second-order valence-electron chi connectivity index (χ2n) is 5.39. The number of nitrogens with zero attached hydrogens (tertiary/aromatic N) is 1. The van der Waals surface area contributed by atoms with Crippen LogP contribution in [0.5, 0.6) is 0 Å². The maximum Gasteiger partial charge on any atom is 0.125 e. The van der Waals surface area contributed by atoms with Crippen molar-refractivity contribution < 1.29 is 0 Å². The van der Waals surface area contributed by atoms with E-state index in [0.717, 1.165) is 24.9 Å². The van der Waals surface area contributed by atoms with Gasteiger partial charge in [0.05, 0.1) is 6.07 Å². The van der Waals surface area contributed by atoms with Gasteiger partial charge in [-0.1, -0.05) is 25.5 Å². The van der Waals surface area contributed by atoms with Crippen LogP contribution in [-0.4, -0.2) is 5.54 Å². The number of nitrogens with one attached hydrogen (secondary N) is 1. The van der Waals surface area contributed by atoms with Crippen LogP contribution in [0.1, 0.15) is 38.2 Å². The van der Waals surface area contributed by atoms with Gasteiger partial charge in [0, 0.05) is 5.69 Å². The van der Waals surface area contributed by atoms with Crippen LogP contribution >= 0.6 is 0 Å². The molecule has 0 spiro atoms. The Balaban J connectivity index is 2.17. The summed E-state index contributed by atoms with van der Waals surface area (Å²) in [6.07, 6.45) is 4.31. The molecule has 1 aromatic rings. The molecule has 1 fully saturated rings. The number of aryl methyl sites for hydroxylation is 1. The van der Waals surface area contributed by atoms with Gasteiger partial charge in [-0.15, -0.1) is 0 Å². The molecule has 1 aliphatic carbocycles. The van der Waals surface area contributed by atoms with Gasteiger partial charge < -0.3 is 5.32 Å². The molecule has 0 aliphatic heterocycles. The Morgan fingerprint density at radius 1 is 1.47 bits per heavy atom. The first-order valence-corrected chi connectivity index (χ1v) is 6.40. The Kier molecular flexibility index (Phi) is 3.38. The summed E-state index contributed by atoms with van der Waals surface area (Å²) in [5.41, 5.74) is 1.94. The van der Waals surface area contributed by atoms with Crippen LogP contribution in [0.3, 0.4) is 0 Å². The zero-order chi connectivity index (χ0) is 12.3. The van der Waals surface area contributed by atoms with Crippen molar-refractivity contribution in [2.75, 3.05) is 5.32 Å². The minimum absolute atomic E-state index is 0.356. The Hall–Kier alpha value is -1.49. The van der Waals surface area contributed by atoms with Crippen LogP contribution < -0.4 is 5.32 Å². The fraction of sp³-hybridized carbons (Fsp3) is 0.533. The highest BCUT2D eigenvalue weighted by Crippen LogP contribution is 2.34. The lowest BCUT2D eigenvalue weighted by molar-refractivity contribution is 0.308. The number of benzene rings is 1. The summed E-state index contributed by atoms with van der Waals surface area (Å²) in [6.45, 7) is 4.32. The first-order valence-electron chi connectivity index (χ1n) is 6.40. The largest absolute Gasteiger partial charge is 0.367 e. The molecule has 0 bridgehead atoms. The molecule has 90 valence electrons. The maximum atomic E-state index is 9.48. The standard InChI is InChI=1S/C15H20N2/c1-12-5-3-7-14(9-12)17-15(11-16)8-4-6-13(2)10-15/h3,5,7,9,13,17H,4,6,8,10H2,1-2H3. The third-order valence-corrected chi connectivity index (χ3v) is 3.61. The monoisotopic (exact) mass is 228 g/mol. The molecular formula is C15H20N2. The van der Waals surface area contributed by atoms with Gasteiger partial charge in [-0.3, -0.25) is 0 Å². The summed E-state index contributed by atoms with van der Waals surface area (Å²) < 4.78 is 0. The normalized spacial score (nSPS) is 28.4. The lowest BCUT2D eigenvalue weighted by Crippen LogP contribution is -2.41. The fourth-order valence-electron chi connectivity index (χ4n) is 2.79. The average Bonchev–Trinajstić information content (AvgIpc) is 2.29. The van der Waals surface area contributed by atoms with Gasteiger partial charge in [0.25, 0.3) is 0 Å². The van der Waals surface area contributed by atoms with E-state index in [4.69, 9.17) is 0 Å². The zero-order valence-corrected chi connectivity index (χ0v) is 10.7. The molecule has 1 N–H and O–H groups in total. The molecule has 1 saturated carbocycles. The second kappa shape index (κ2) is 4.79. The molecule has 2 atom stereocenters. The Bertz CT molecular complexity index is 433. The van der Waals surface area contributed by atoms with E-state index in [-0.39, 0.29) is 5.54 Å². The summed E-state index contributed by atoms with van der Waals surface area (Å²) in [6, 6.07) is 10.8. The number of hydrogen-bond donors (Lipinski definition) is 1. The van der Waals surface area contributed by atoms with E-state index in [1.165, 1.54) is 12.0 Å². The quantitative estimate of drug-likeness (QED) is 0.833. The molecular weight excluding hydrogens is 208 g/mol. The van der Waals surface area contributed by atoms with E-state index in [9.17, 15) is 5.26 Å². The van der Waals surface area contributed by atoms with E-state index in [0.29, 0.717) is 5.92 Å². The van der Waals surface area contributed by atoms with E-state index >= 15 is 0 Å². The topological polar surface area (TPSA) is 35.8 Å². The van der Waals surface area contributed by atoms with E-state index in [1.54, 1.807) is 0 Å². The van der Waals surface area contributed by atoms with Crippen molar-refractivity contribution in [2.24, 2.45) is 5.92 Å². The number of hydrogen-bond acceptors (Lipinski definition) is 2. The van der Waals surface area contributed by atoms with Crippen LogP contribution in [0.25, 0.3) is 0 Å². The molecule has 1 aromatic carbocycles. The number of nitriles is 1. The van der Waals surface area contributed by atoms with Crippen LogP contribution in [0, 0.1) is 24.2 Å². The highest BCUT2D eigenvalue weighted by atomic mass is 15.0.